The Morgan fingerprint density at radius 3 is 2.18 bits per heavy atom. The number of aliphatic hydroxyl groups excluding tert-OH is 1. The molecule has 0 aliphatic rings. The maximum absolute atomic E-state index is 8.56. The number of rotatable bonds is 2. The molecule has 0 bridgehead atoms. The molecule has 62 valence electrons. The van der Waals surface area contributed by atoms with Crippen molar-refractivity contribution in [1.82, 2.24) is 0 Å². The minimum atomic E-state index is 0. The molecule has 0 aliphatic heterocycles. The molecule has 0 spiro atoms. The van der Waals surface area contributed by atoms with Crippen molar-refractivity contribution in [1.29, 1.82) is 0 Å². The number of hydrogen-bond acceptors (Lipinski definition) is 2. The number of nitrogen functional groups attached to an aromatic ring is 1. The van der Waals surface area contributed by atoms with Gasteiger partial charge in [-0.3, -0.25) is 0 Å². The van der Waals surface area contributed by atoms with Crippen molar-refractivity contribution < 1.29 is 5.11 Å². The molecule has 2 nitrogen and oxygen atoms in total. The zero-order valence-electron chi connectivity index (χ0n) is 5.75. The van der Waals surface area contributed by atoms with Gasteiger partial charge in [-0.15, -0.1) is 0 Å². The highest BCUT2D eigenvalue weighted by molar-refractivity contribution is 5.39. The van der Waals surface area contributed by atoms with Crippen molar-refractivity contribution in [2.75, 3.05) is 12.3 Å². The predicted octanol–water partition coefficient (Wildman–Crippen LogP) is 1.44. The largest absolute Gasteiger partial charge is 0.399 e. The lowest BCUT2D eigenvalue weighted by Gasteiger charge is -1.96. The molecule has 3 N–H and O–H groups in total. The van der Waals surface area contributed by atoms with E-state index >= 15 is 0 Å². The number of aliphatic hydroxyl groups is 1. The van der Waals surface area contributed by atoms with Gasteiger partial charge in [0.2, 0.25) is 0 Å². The quantitative estimate of drug-likeness (QED) is 0.631. The smallest absolute Gasteiger partial charge is 0.0471 e. The first-order valence-corrected chi connectivity index (χ1v) is 3.28. The van der Waals surface area contributed by atoms with Crippen LogP contribution in [0.25, 0.3) is 0 Å². The molecule has 0 atom stereocenters. The van der Waals surface area contributed by atoms with Crippen LogP contribution in [0.3, 0.4) is 0 Å². The first-order chi connectivity index (χ1) is 4.83. The molecule has 2 heteroatoms. The minimum Gasteiger partial charge on any atom is -0.399 e. The van der Waals surface area contributed by atoms with E-state index in [0.29, 0.717) is 6.42 Å². The van der Waals surface area contributed by atoms with Crippen molar-refractivity contribution in [2.24, 2.45) is 0 Å². The Labute approximate surface area is 67.7 Å². The topological polar surface area (TPSA) is 46.2 Å². The van der Waals surface area contributed by atoms with Gasteiger partial charge >= 0.3 is 0 Å². The minimum absolute atomic E-state index is 0. The van der Waals surface area contributed by atoms with E-state index in [-0.39, 0.29) is 14.0 Å². The van der Waals surface area contributed by atoms with Crippen LogP contribution in [0.5, 0.6) is 0 Å². The summed E-state index contributed by atoms with van der Waals surface area (Å²) in [5.74, 6) is 0. The summed E-state index contributed by atoms with van der Waals surface area (Å²) in [7, 11) is 0. The Bertz CT molecular complexity index is 193. The maximum Gasteiger partial charge on any atom is 0.0471 e. The normalized spacial score (nSPS) is 8.82. The van der Waals surface area contributed by atoms with E-state index in [4.69, 9.17) is 10.8 Å². The van der Waals surface area contributed by atoms with Crippen LogP contribution in [-0.2, 0) is 6.42 Å². The summed E-state index contributed by atoms with van der Waals surface area (Å²) in [6.07, 6.45) is 0.709. The third-order valence-electron chi connectivity index (χ3n) is 1.38. The zero-order chi connectivity index (χ0) is 7.40. The average molecular weight is 153 g/mol. The fourth-order valence-corrected chi connectivity index (χ4v) is 0.813. The van der Waals surface area contributed by atoms with E-state index in [1.807, 2.05) is 24.3 Å². The highest BCUT2D eigenvalue weighted by Gasteiger charge is 1.88. The fourth-order valence-electron chi connectivity index (χ4n) is 0.813. The molecule has 0 unspecified atom stereocenters. The molecule has 11 heavy (non-hydrogen) atoms. The second kappa shape index (κ2) is 4.74. The third-order valence-corrected chi connectivity index (χ3v) is 1.38. The lowest BCUT2D eigenvalue weighted by Crippen LogP contribution is -1.90. The van der Waals surface area contributed by atoms with Crippen LogP contribution in [-0.4, -0.2) is 11.7 Å². The average Bonchev–Trinajstić information content (AvgIpc) is 1.95. The van der Waals surface area contributed by atoms with Gasteiger partial charge in [-0.1, -0.05) is 19.6 Å². The summed E-state index contributed by atoms with van der Waals surface area (Å²) in [6.45, 7) is 0.198. The molecular formula is C9H15NO. The highest BCUT2D eigenvalue weighted by Crippen LogP contribution is 2.04. The van der Waals surface area contributed by atoms with Gasteiger partial charge in [-0.2, -0.15) is 0 Å². The van der Waals surface area contributed by atoms with E-state index in [1.54, 1.807) is 0 Å². The van der Waals surface area contributed by atoms with Gasteiger partial charge in [0, 0.05) is 12.3 Å². The van der Waals surface area contributed by atoms with Crippen LogP contribution in [0.4, 0.5) is 5.69 Å². The zero-order valence-corrected chi connectivity index (χ0v) is 5.75. The van der Waals surface area contributed by atoms with Crippen LogP contribution in [0, 0.1) is 0 Å². The van der Waals surface area contributed by atoms with Crippen LogP contribution >= 0.6 is 0 Å². The van der Waals surface area contributed by atoms with Gasteiger partial charge in [-0.05, 0) is 24.1 Å². The van der Waals surface area contributed by atoms with Crippen LogP contribution in [0.15, 0.2) is 24.3 Å². The van der Waals surface area contributed by atoms with E-state index in [1.165, 1.54) is 0 Å². The summed E-state index contributed by atoms with van der Waals surface area (Å²) in [4.78, 5) is 0. The lowest BCUT2D eigenvalue weighted by molar-refractivity contribution is 0.299. The molecule has 0 radical (unpaired) electrons. The van der Waals surface area contributed by atoms with Crippen molar-refractivity contribution >= 4 is 5.69 Å². The lowest BCUT2D eigenvalue weighted by atomic mass is 10.1. The number of anilines is 1. The summed E-state index contributed by atoms with van der Waals surface area (Å²) in [6, 6.07) is 7.52. The van der Waals surface area contributed by atoms with E-state index in [9.17, 15) is 0 Å². The van der Waals surface area contributed by atoms with Gasteiger partial charge < -0.3 is 10.8 Å². The van der Waals surface area contributed by atoms with Crippen molar-refractivity contribution in [3.63, 3.8) is 0 Å². The maximum atomic E-state index is 8.56. The number of hydrogen-bond donors (Lipinski definition) is 2. The van der Waals surface area contributed by atoms with Gasteiger partial charge in [-0.25, -0.2) is 0 Å². The van der Waals surface area contributed by atoms with Crippen LogP contribution in [0.2, 0.25) is 0 Å². The van der Waals surface area contributed by atoms with Gasteiger partial charge in [0.1, 0.15) is 0 Å². The number of benzene rings is 1. The van der Waals surface area contributed by atoms with Crippen molar-refractivity contribution in [2.45, 2.75) is 13.8 Å². The molecule has 1 aromatic rings. The third kappa shape index (κ3) is 3.05. The first kappa shape index (κ1) is 9.98. The standard InChI is InChI=1S/C8H11NO.CH4/c9-8-3-1-7(2-4-8)5-6-10;/h1-4,10H,5-6,9H2;1H4. The molecule has 0 aromatic heterocycles. The van der Waals surface area contributed by atoms with Crippen LogP contribution in [0.1, 0.15) is 13.0 Å². The molecular weight excluding hydrogens is 138 g/mol. The van der Waals surface area contributed by atoms with E-state index in [0.717, 1.165) is 11.3 Å². The van der Waals surface area contributed by atoms with Crippen molar-refractivity contribution in [3.05, 3.63) is 29.8 Å². The molecule has 1 rings (SSSR count). The Balaban J connectivity index is 0.000001000. The summed E-state index contributed by atoms with van der Waals surface area (Å²) in [5, 5.41) is 8.56. The van der Waals surface area contributed by atoms with Gasteiger partial charge in [0.25, 0.3) is 0 Å². The predicted molar refractivity (Wildman–Crippen MR) is 48.4 cm³/mol. The molecule has 1 aromatic carbocycles. The molecule has 0 saturated heterocycles. The molecule has 0 fully saturated rings. The van der Waals surface area contributed by atoms with Crippen LogP contribution < -0.4 is 5.73 Å². The molecule has 0 heterocycles. The molecule has 0 saturated carbocycles. The monoisotopic (exact) mass is 153 g/mol. The first-order valence-electron chi connectivity index (χ1n) is 3.28. The second-order valence-electron chi connectivity index (χ2n) is 2.22. The van der Waals surface area contributed by atoms with E-state index < -0.39 is 0 Å². The molecule has 0 amide bonds. The molecule has 0 aliphatic carbocycles. The Morgan fingerprint density at radius 1 is 1.18 bits per heavy atom. The highest BCUT2D eigenvalue weighted by atomic mass is 16.2. The van der Waals surface area contributed by atoms with Gasteiger partial charge in [0.15, 0.2) is 0 Å². The SMILES string of the molecule is C.Nc1ccc(CCO)cc1. The Kier molecular flexibility index (Phi) is 4.30. The second-order valence-corrected chi connectivity index (χ2v) is 2.22. The number of nitrogens with two attached hydrogens (primary N) is 1. The Hall–Kier alpha value is -1.02. The van der Waals surface area contributed by atoms with E-state index in [2.05, 4.69) is 0 Å². The fraction of sp³-hybridized carbons (Fsp3) is 0.333. The van der Waals surface area contributed by atoms with Gasteiger partial charge in [0.05, 0.1) is 0 Å². The summed E-state index contributed by atoms with van der Waals surface area (Å²) >= 11 is 0. The van der Waals surface area contributed by atoms with Crippen molar-refractivity contribution in [3.8, 4) is 0 Å². The Morgan fingerprint density at radius 2 is 1.73 bits per heavy atom. The summed E-state index contributed by atoms with van der Waals surface area (Å²) in [5.41, 5.74) is 7.35. The summed E-state index contributed by atoms with van der Waals surface area (Å²) < 4.78 is 0.